The highest BCUT2D eigenvalue weighted by molar-refractivity contribution is 5.90. The summed E-state index contributed by atoms with van der Waals surface area (Å²) in [5.74, 6) is -1.02. The lowest BCUT2D eigenvalue weighted by molar-refractivity contribution is -0.132. The second-order valence-corrected chi connectivity index (χ2v) is 5.25. The first-order valence-electron chi connectivity index (χ1n) is 6.97. The predicted octanol–water partition coefficient (Wildman–Crippen LogP) is 1.31. The maximum absolute atomic E-state index is 11.9. The van der Waals surface area contributed by atoms with E-state index in [-0.39, 0.29) is 17.3 Å². The Kier molecular flexibility index (Phi) is 4.80. The van der Waals surface area contributed by atoms with E-state index in [4.69, 9.17) is 9.84 Å². The van der Waals surface area contributed by atoms with E-state index in [0.717, 1.165) is 25.9 Å². The number of carboxylic acids is 1. The minimum atomic E-state index is -1.02. The number of rotatable bonds is 5. The first kappa shape index (κ1) is 15.3. The van der Waals surface area contributed by atoms with Crippen LogP contribution in [0.3, 0.4) is 0 Å². The summed E-state index contributed by atoms with van der Waals surface area (Å²) >= 11 is 0. The molecule has 2 aliphatic heterocycles. The van der Waals surface area contributed by atoms with Crippen molar-refractivity contribution in [3.05, 3.63) is 36.5 Å². The van der Waals surface area contributed by atoms with E-state index in [2.05, 4.69) is 11.9 Å². The van der Waals surface area contributed by atoms with Gasteiger partial charge < -0.3 is 20.1 Å². The Morgan fingerprint density at radius 2 is 2.19 bits per heavy atom. The first-order valence-corrected chi connectivity index (χ1v) is 6.97. The predicted molar refractivity (Wildman–Crippen MR) is 77.9 cm³/mol. The van der Waals surface area contributed by atoms with Gasteiger partial charge in [-0.3, -0.25) is 0 Å². The van der Waals surface area contributed by atoms with Gasteiger partial charge in [-0.1, -0.05) is 18.7 Å². The highest BCUT2D eigenvalue weighted by Crippen LogP contribution is 2.30. The largest absolute Gasteiger partial charge is 0.478 e. The molecule has 6 nitrogen and oxygen atoms in total. The van der Waals surface area contributed by atoms with E-state index >= 15 is 0 Å². The standard InChI is InChI=1S/C15H20N2O4/c1-2-4-12(13(18)19)5-3-10-17-11-15(21-14(17)20)6-8-16-9-7-15/h2-5,16H,1,6-11H2,(H,18,19)/b5-3-,12-4+. The molecular formula is C15H20N2O4. The quantitative estimate of drug-likeness (QED) is 0.590. The molecule has 0 aromatic carbocycles. The zero-order valence-corrected chi connectivity index (χ0v) is 11.9. The van der Waals surface area contributed by atoms with E-state index in [9.17, 15) is 9.59 Å². The Morgan fingerprint density at radius 1 is 1.48 bits per heavy atom. The Balaban J connectivity index is 1.94. The van der Waals surface area contributed by atoms with Crippen molar-refractivity contribution in [1.29, 1.82) is 0 Å². The molecule has 114 valence electrons. The fourth-order valence-electron chi connectivity index (χ4n) is 2.61. The number of hydrogen-bond donors (Lipinski definition) is 2. The van der Waals surface area contributed by atoms with E-state index in [1.54, 1.807) is 11.0 Å². The van der Waals surface area contributed by atoms with Crippen LogP contribution in [-0.2, 0) is 9.53 Å². The maximum atomic E-state index is 11.9. The summed E-state index contributed by atoms with van der Waals surface area (Å²) in [4.78, 5) is 24.4. The van der Waals surface area contributed by atoms with Gasteiger partial charge in [-0.2, -0.15) is 0 Å². The molecule has 0 aromatic rings. The number of allylic oxidation sites excluding steroid dienone is 2. The van der Waals surface area contributed by atoms with Crippen LogP contribution in [0.2, 0.25) is 0 Å². The summed E-state index contributed by atoms with van der Waals surface area (Å²) in [6.07, 6.45) is 7.27. The average Bonchev–Trinajstić information content (AvgIpc) is 2.74. The Hall–Kier alpha value is -2.08. The van der Waals surface area contributed by atoms with Crippen LogP contribution in [0.1, 0.15) is 12.8 Å². The minimum Gasteiger partial charge on any atom is -0.478 e. The Morgan fingerprint density at radius 3 is 2.81 bits per heavy atom. The summed E-state index contributed by atoms with van der Waals surface area (Å²) < 4.78 is 5.52. The van der Waals surface area contributed by atoms with Gasteiger partial charge in [-0.25, -0.2) is 9.59 Å². The van der Waals surface area contributed by atoms with Crippen molar-refractivity contribution >= 4 is 12.1 Å². The second kappa shape index (κ2) is 6.58. The van der Waals surface area contributed by atoms with Gasteiger partial charge in [0, 0.05) is 19.4 Å². The molecule has 0 unspecified atom stereocenters. The lowest BCUT2D eigenvalue weighted by Gasteiger charge is -2.31. The molecule has 21 heavy (non-hydrogen) atoms. The van der Waals surface area contributed by atoms with Gasteiger partial charge in [0.25, 0.3) is 0 Å². The van der Waals surface area contributed by atoms with Crippen LogP contribution in [0, 0.1) is 0 Å². The van der Waals surface area contributed by atoms with Crippen molar-refractivity contribution in [2.45, 2.75) is 18.4 Å². The molecule has 2 aliphatic rings. The number of carbonyl (C=O) groups excluding carboxylic acids is 1. The lowest BCUT2D eigenvalue weighted by atomic mass is 9.92. The molecule has 0 aliphatic carbocycles. The molecule has 2 saturated heterocycles. The van der Waals surface area contributed by atoms with Gasteiger partial charge in [-0.05, 0) is 25.2 Å². The molecule has 1 amide bonds. The highest BCUT2D eigenvalue weighted by atomic mass is 16.6. The number of nitrogens with zero attached hydrogens (tertiary/aromatic N) is 1. The lowest BCUT2D eigenvalue weighted by Crippen LogP contribution is -2.44. The van der Waals surface area contributed by atoms with E-state index in [1.807, 2.05) is 0 Å². The number of carbonyl (C=O) groups is 2. The van der Waals surface area contributed by atoms with E-state index < -0.39 is 5.97 Å². The van der Waals surface area contributed by atoms with Crippen LogP contribution < -0.4 is 5.32 Å². The SMILES string of the molecule is C=C/C=C(\C=C/CN1CC2(CCNCC2)OC1=O)C(=O)O. The summed E-state index contributed by atoms with van der Waals surface area (Å²) in [5.41, 5.74) is -0.239. The smallest absolute Gasteiger partial charge is 0.410 e. The van der Waals surface area contributed by atoms with Crippen molar-refractivity contribution < 1.29 is 19.4 Å². The molecule has 0 atom stereocenters. The fraction of sp³-hybridized carbons (Fsp3) is 0.467. The summed E-state index contributed by atoms with van der Waals surface area (Å²) in [6, 6.07) is 0. The fourth-order valence-corrected chi connectivity index (χ4v) is 2.61. The van der Waals surface area contributed by atoms with Gasteiger partial charge in [0.2, 0.25) is 0 Å². The normalized spacial score (nSPS) is 21.8. The Labute approximate surface area is 123 Å². The monoisotopic (exact) mass is 292 g/mol. The Bertz CT molecular complexity index is 490. The number of amides is 1. The van der Waals surface area contributed by atoms with Gasteiger partial charge >= 0.3 is 12.1 Å². The third kappa shape index (κ3) is 3.72. The van der Waals surface area contributed by atoms with Crippen molar-refractivity contribution in [1.82, 2.24) is 10.2 Å². The van der Waals surface area contributed by atoms with Crippen LogP contribution in [-0.4, -0.2) is 53.8 Å². The van der Waals surface area contributed by atoms with Gasteiger partial charge in [0.05, 0.1) is 12.1 Å². The number of aliphatic carboxylic acids is 1. The molecule has 0 aromatic heterocycles. The number of nitrogens with one attached hydrogen (secondary N) is 1. The zero-order chi connectivity index (χ0) is 15.3. The van der Waals surface area contributed by atoms with Crippen molar-refractivity contribution in [2.75, 3.05) is 26.2 Å². The summed E-state index contributed by atoms with van der Waals surface area (Å²) in [7, 11) is 0. The molecule has 0 radical (unpaired) electrons. The van der Waals surface area contributed by atoms with Crippen LogP contribution in [0.4, 0.5) is 4.79 Å². The number of ether oxygens (including phenoxy) is 1. The molecular weight excluding hydrogens is 272 g/mol. The molecule has 0 bridgehead atoms. The molecule has 2 N–H and O–H groups in total. The number of piperidine rings is 1. The number of carboxylic acid groups (broad SMARTS) is 1. The minimum absolute atomic E-state index is 0.133. The van der Waals surface area contributed by atoms with Crippen LogP contribution in [0.15, 0.2) is 36.5 Å². The average molecular weight is 292 g/mol. The third-order valence-corrected chi connectivity index (χ3v) is 3.72. The topological polar surface area (TPSA) is 78.9 Å². The van der Waals surface area contributed by atoms with Gasteiger partial charge in [0.1, 0.15) is 5.60 Å². The second-order valence-electron chi connectivity index (χ2n) is 5.25. The molecule has 2 fully saturated rings. The first-order chi connectivity index (χ1) is 10.1. The van der Waals surface area contributed by atoms with Crippen LogP contribution >= 0.6 is 0 Å². The summed E-state index contributed by atoms with van der Waals surface area (Å²) in [5, 5.41) is 12.2. The number of hydrogen-bond acceptors (Lipinski definition) is 4. The van der Waals surface area contributed by atoms with Crippen molar-refractivity contribution in [3.63, 3.8) is 0 Å². The molecule has 2 heterocycles. The highest BCUT2D eigenvalue weighted by Gasteiger charge is 2.45. The molecule has 1 spiro atoms. The van der Waals surface area contributed by atoms with Gasteiger partial charge in [-0.15, -0.1) is 0 Å². The van der Waals surface area contributed by atoms with Crippen molar-refractivity contribution in [3.8, 4) is 0 Å². The maximum Gasteiger partial charge on any atom is 0.410 e. The zero-order valence-electron chi connectivity index (χ0n) is 11.9. The van der Waals surface area contributed by atoms with E-state index in [1.165, 1.54) is 18.2 Å². The molecule has 2 rings (SSSR count). The van der Waals surface area contributed by atoms with Crippen molar-refractivity contribution in [2.24, 2.45) is 0 Å². The summed E-state index contributed by atoms with van der Waals surface area (Å²) in [6.45, 7) is 6.08. The van der Waals surface area contributed by atoms with Crippen LogP contribution in [0.25, 0.3) is 0 Å². The molecule has 6 heteroatoms. The molecule has 0 saturated carbocycles. The van der Waals surface area contributed by atoms with Gasteiger partial charge in [0.15, 0.2) is 0 Å². The third-order valence-electron chi connectivity index (χ3n) is 3.72. The van der Waals surface area contributed by atoms with Crippen LogP contribution in [0.5, 0.6) is 0 Å². The van der Waals surface area contributed by atoms with E-state index in [0.29, 0.717) is 13.1 Å².